The molecule has 0 bridgehead atoms. The van der Waals surface area contributed by atoms with Crippen LogP contribution in [0.25, 0.3) is 28.6 Å². The highest BCUT2D eigenvalue weighted by molar-refractivity contribution is 5.75. The molecule has 0 aliphatic rings. The van der Waals surface area contributed by atoms with Crippen molar-refractivity contribution in [2.45, 2.75) is 13.3 Å². The molecule has 2 aromatic heterocycles. The molecule has 0 radical (unpaired) electrons. The van der Waals surface area contributed by atoms with Crippen molar-refractivity contribution < 1.29 is 4.42 Å². The number of nitrogens with two attached hydrogens (primary N) is 2. The molecule has 0 saturated heterocycles. The second-order valence-electron chi connectivity index (χ2n) is 6.35. The largest absolute Gasteiger partial charge is 0.414 e. The molecule has 144 valence electrons. The second-order valence-corrected chi connectivity index (χ2v) is 6.35. The van der Waals surface area contributed by atoms with Crippen molar-refractivity contribution in [3.63, 3.8) is 0 Å². The fourth-order valence-electron chi connectivity index (χ4n) is 2.53. The molecule has 0 unspecified atom stereocenters. The van der Waals surface area contributed by atoms with Gasteiger partial charge in [-0.25, -0.2) is 9.97 Å². The van der Waals surface area contributed by atoms with Crippen LogP contribution in [-0.2, 0) is 0 Å². The highest BCUT2D eigenvalue weighted by Gasteiger charge is 2.18. The highest BCUT2D eigenvalue weighted by atomic mass is 16.4. The Hall–Kier alpha value is -3.68. The van der Waals surface area contributed by atoms with Gasteiger partial charge in [-0.15, -0.1) is 10.2 Å². The van der Waals surface area contributed by atoms with Crippen LogP contribution in [0.5, 0.6) is 0 Å². The molecule has 4 N–H and O–H groups in total. The third-order valence-electron chi connectivity index (χ3n) is 3.85. The van der Waals surface area contributed by atoms with E-state index in [1.165, 1.54) is 0 Å². The van der Waals surface area contributed by atoms with Gasteiger partial charge in [-0.05, 0) is 18.6 Å². The van der Waals surface area contributed by atoms with Crippen molar-refractivity contribution in [2.75, 3.05) is 25.6 Å². The molecule has 0 saturated carbocycles. The summed E-state index contributed by atoms with van der Waals surface area (Å²) in [5, 5.41) is 8.17. The summed E-state index contributed by atoms with van der Waals surface area (Å²) in [4.78, 5) is 10.8. The molecule has 0 fully saturated rings. The van der Waals surface area contributed by atoms with Crippen molar-refractivity contribution in [3.8, 4) is 23.0 Å². The topological polar surface area (TPSA) is 120 Å². The fraction of sp³-hybridized carbons (Fsp3) is 0.200. The summed E-state index contributed by atoms with van der Waals surface area (Å²) in [6.07, 6.45) is 8.54. The standard InChI is InChI=1S/C20H23N7O/c1-4-5-8-13(12-27(2)3)16-11-23-18(22)17(24-16)20-26-25-19(28-20)14-9-6-7-10-15(14)21/h5-12H,4,21H2,1-3H3,(H2,22,23)/b8-5-,13-12+. The molecule has 1 aromatic carbocycles. The Morgan fingerprint density at radius 1 is 1.14 bits per heavy atom. The maximum atomic E-state index is 6.03. The normalized spacial score (nSPS) is 11.9. The number of aromatic nitrogens is 4. The van der Waals surface area contributed by atoms with Gasteiger partial charge in [0.05, 0.1) is 17.5 Å². The van der Waals surface area contributed by atoms with E-state index < -0.39 is 0 Å². The summed E-state index contributed by atoms with van der Waals surface area (Å²) in [6.45, 7) is 2.07. The molecule has 0 aliphatic heterocycles. The number of hydrogen-bond donors (Lipinski definition) is 2. The number of anilines is 2. The Balaban J connectivity index is 2.03. The maximum absolute atomic E-state index is 6.03. The molecule has 0 atom stereocenters. The van der Waals surface area contributed by atoms with Gasteiger partial charge in [0.25, 0.3) is 5.89 Å². The number of nitrogen functional groups attached to an aromatic ring is 2. The summed E-state index contributed by atoms with van der Waals surface area (Å²) in [5.41, 5.74) is 15.1. The van der Waals surface area contributed by atoms with E-state index in [-0.39, 0.29) is 11.7 Å². The molecule has 0 amide bonds. The zero-order valence-corrected chi connectivity index (χ0v) is 16.1. The van der Waals surface area contributed by atoms with Gasteiger partial charge in [0.15, 0.2) is 11.5 Å². The molecule has 8 heteroatoms. The quantitative estimate of drug-likeness (QED) is 0.496. The zero-order valence-electron chi connectivity index (χ0n) is 16.1. The van der Waals surface area contributed by atoms with Crippen molar-refractivity contribution in [1.29, 1.82) is 0 Å². The van der Waals surface area contributed by atoms with Crippen LogP contribution in [-0.4, -0.2) is 39.2 Å². The molecule has 2 heterocycles. The highest BCUT2D eigenvalue weighted by Crippen LogP contribution is 2.29. The zero-order chi connectivity index (χ0) is 20.1. The van der Waals surface area contributed by atoms with Crippen LogP contribution in [0.3, 0.4) is 0 Å². The Morgan fingerprint density at radius 3 is 2.61 bits per heavy atom. The van der Waals surface area contributed by atoms with Gasteiger partial charge < -0.3 is 20.8 Å². The number of rotatable bonds is 6. The number of nitrogens with zero attached hydrogens (tertiary/aromatic N) is 5. The Labute approximate surface area is 163 Å². The van der Waals surface area contributed by atoms with Crippen molar-refractivity contribution in [2.24, 2.45) is 0 Å². The Kier molecular flexibility index (Phi) is 5.69. The molecule has 0 aliphatic carbocycles. The van der Waals surface area contributed by atoms with E-state index in [9.17, 15) is 0 Å². The van der Waals surface area contributed by atoms with Gasteiger partial charge in [0.1, 0.15) is 0 Å². The second kappa shape index (κ2) is 8.34. The van der Waals surface area contributed by atoms with Crippen LogP contribution < -0.4 is 11.5 Å². The average molecular weight is 377 g/mol. The fourth-order valence-corrected chi connectivity index (χ4v) is 2.53. The lowest BCUT2D eigenvalue weighted by molar-refractivity contribution is 0.565. The molecule has 8 nitrogen and oxygen atoms in total. The van der Waals surface area contributed by atoms with Crippen LogP contribution in [0.1, 0.15) is 19.0 Å². The minimum absolute atomic E-state index is 0.189. The van der Waals surface area contributed by atoms with Crippen LogP contribution in [0, 0.1) is 0 Å². The first-order valence-corrected chi connectivity index (χ1v) is 8.86. The molecule has 0 spiro atoms. The van der Waals surface area contributed by atoms with Crippen molar-refractivity contribution >= 4 is 17.1 Å². The summed E-state index contributed by atoms with van der Waals surface area (Å²) in [6, 6.07) is 7.27. The lowest BCUT2D eigenvalue weighted by atomic mass is 10.1. The van der Waals surface area contributed by atoms with E-state index in [0.717, 1.165) is 12.0 Å². The van der Waals surface area contributed by atoms with Gasteiger partial charge in [-0.2, -0.15) is 0 Å². The van der Waals surface area contributed by atoms with Gasteiger partial charge in [0, 0.05) is 31.6 Å². The van der Waals surface area contributed by atoms with Crippen LogP contribution in [0.15, 0.2) is 53.2 Å². The first kappa shape index (κ1) is 19.1. The Morgan fingerprint density at radius 2 is 1.89 bits per heavy atom. The Bertz CT molecular complexity index is 1020. The summed E-state index contributed by atoms with van der Waals surface area (Å²) in [7, 11) is 3.89. The minimum atomic E-state index is 0.189. The lowest BCUT2D eigenvalue weighted by Gasteiger charge is -2.10. The van der Waals surface area contributed by atoms with E-state index in [4.69, 9.17) is 15.9 Å². The summed E-state index contributed by atoms with van der Waals surface area (Å²) < 4.78 is 5.78. The van der Waals surface area contributed by atoms with Crippen LogP contribution in [0.2, 0.25) is 0 Å². The van der Waals surface area contributed by atoms with Crippen LogP contribution in [0.4, 0.5) is 11.5 Å². The van der Waals surface area contributed by atoms with E-state index >= 15 is 0 Å². The van der Waals surface area contributed by atoms with Crippen LogP contribution >= 0.6 is 0 Å². The third kappa shape index (κ3) is 4.17. The van der Waals surface area contributed by atoms with E-state index in [1.807, 2.05) is 49.5 Å². The van der Waals surface area contributed by atoms with Gasteiger partial charge in [0.2, 0.25) is 5.89 Å². The molecular weight excluding hydrogens is 354 g/mol. The molecule has 3 rings (SSSR count). The van der Waals surface area contributed by atoms with E-state index in [2.05, 4.69) is 33.2 Å². The average Bonchev–Trinajstić information content (AvgIpc) is 3.15. The SMILES string of the molecule is CC/C=C\C(=C/N(C)C)c1cnc(N)c(-c2nnc(-c3ccccc3N)o2)n1. The maximum Gasteiger partial charge on any atom is 0.270 e. The molecule has 28 heavy (non-hydrogen) atoms. The monoisotopic (exact) mass is 377 g/mol. The van der Waals surface area contributed by atoms with Gasteiger partial charge >= 0.3 is 0 Å². The molecular formula is C20H23N7O. The van der Waals surface area contributed by atoms with Crippen molar-refractivity contribution in [3.05, 3.63) is 54.5 Å². The number of hydrogen-bond acceptors (Lipinski definition) is 8. The summed E-state index contributed by atoms with van der Waals surface area (Å²) in [5.74, 6) is 0.701. The number of allylic oxidation sites excluding steroid dienone is 3. The first-order chi connectivity index (χ1) is 13.5. The number of para-hydroxylation sites is 1. The lowest BCUT2D eigenvalue weighted by Crippen LogP contribution is -2.05. The van der Waals surface area contributed by atoms with Gasteiger partial charge in [-0.3, -0.25) is 0 Å². The van der Waals surface area contributed by atoms with E-state index in [0.29, 0.717) is 28.5 Å². The predicted molar refractivity (Wildman–Crippen MR) is 111 cm³/mol. The predicted octanol–water partition coefficient (Wildman–Crippen LogP) is 3.23. The molecule has 3 aromatic rings. The van der Waals surface area contributed by atoms with E-state index in [1.54, 1.807) is 12.3 Å². The summed E-state index contributed by atoms with van der Waals surface area (Å²) >= 11 is 0. The smallest absolute Gasteiger partial charge is 0.270 e. The van der Waals surface area contributed by atoms with Crippen molar-refractivity contribution in [1.82, 2.24) is 25.1 Å². The number of benzene rings is 1. The van der Waals surface area contributed by atoms with Gasteiger partial charge in [-0.1, -0.05) is 31.2 Å². The minimum Gasteiger partial charge on any atom is -0.414 e. The third-order valence-corrected chi connectivity index (χ3v) is 3.85. The first-order valence-electron chi connectivity index (χ1n) is 8.86.